The molecule has 0 aliphatic carbocycles. The van der Waals surface area contributed by atoms with Crippen molar-refractivity contribution in [2.24, 2.45) is 0 Å². The molecule has 0 unspecified atom stereocenters. The fourth-order valence-electron chi connectivity index (χ4n) is 1.47. The third-order valence-corrected chi connectivity index (χ3v) is 4.36. The summed E-state index contributed by atoms with van der Waals surface area (Å²) in [6, 6.07) is 3.99. The first-order valence-corrected chi connectivity index (χ1v) is 8.24. The van der Waals surface area contributed by atoms with Gasteiger partial charge in [-0.05, 0) is 24.6 Å². The molecule has 22 heavy (non-hydrogen) atoms. The standard InChI is InChI=1S/C13H18ClNO6S/c1-19-7-3-6-15-22(17,18)10-4-5-12(11(14)8-10)21-9-13(16)20-2/h4-5,8,15H,3,6-7,9H2,1-2H3. The Morgan fingerprint density at radius 2 is 2.05 bits per heavy atom. The van der Waals surface area contributed by atoms with Crippen molar-refractivity contribution in [3.8, 4) is 5.75 Å². The molecular formula is C13H18ClNO6S. The van der Waals surface area contributed by atoms with E-state index < -0.39 is 16.0 Å². The molecule has 0 atom stereocenters. The molecular weight excluding hydrogens is 334 g/mol. The summed E-state index contributed by atoms with van der Waals surface area (Å²) in [5, 5.41) is 0.0867. The molecule has 0 aliphatic heterocycles. The maximum atomic E-state index is 12.0. The van der Waals surface area contributed by atoms with Crippen molar-refractivity contribution in [1.82, 2.24) is 4.72 Å². The van der Waals surface area contributed by atoms with E-state index >= 15 is 0 Å². The zero-order valence-corrected chi connectivity index (χ0v) is 13.9. The van der Waals surface area contributed by atoms with Crippen LogP contribution in [0.1, 0.15) is 6.42 Å². The number of sulfonamides is 1. The Hall–Kier alpha value is -1.35. The van der Waals surface area contributed by atoms with E-state index in [1.165, 1.54) is 25.3 Å². The van der Waals surface area contributed by atoms with Gasteiger partial charge in [-0.1, -0.05) is 11.6 Å². The van der Waals surface area contributed by atoms with Crippen LogP contribution in [-0.2, 0) is 24.3 Å². The van der Waals surface area contributed by atoms with E-state index in [-0.39, 0.29) is 28.8 Å². The van der Waals surface area contributed by atoms with E-state index in [9.17, 15) is 13.2 Å². The van der Waals surface area contributed by atoms with Gasteiger partial charge in [-0.2, -0.15) is 0 Å². The van der Waals surface area contributed by atoms with Gasteiger partial charge in [-0.25, -0.2) is 17.9 Å². The lowest BCUT2D eigenvalue weighted by molar-refractivity contribution is -0.142. The molecule has 0 radical (unpaired) electrons. The molecule has 0 amide bonds. The second-order valence-electron chi connectivity index (χ2n) is 4.20. The number of carbonyl (C=O) groups excluding carboxylic acids is 1. The molecule has 0 saturated heterocycles. The molecule has 0 spiro atoms. The van der Waals surface area contributed by atoms with Crippen LogP contribution in [0.4, 0.5) is 0 Å². The normalized spacial score (nSPS) is 11.2. The van der Waals surface area contributed by atoms with Crippen LogP contribution < -0.4 is 9.46 Å². The second kappa shape index (κ2) is 8.94. The Balaban J connectivity index is 2.72. The lowest BCUT2D eigenvalue weighted by Gasteiger charge is -2.10. The van der Waals surface area contributed by atoms with Crippen molar-refractivity contribution in [1.29, 1.82) is 0 Å². The summed E-state index contributed by atoms with van der Waals surface area (Å²) in [6.07, 6.45) is 0.559. The Morgan fingerprint density at radius 3 is 2.64 bits per heavy atom. The van der Waals surface area contributed by atoms with E-state index in [2.05, 4.69) is 9.46 Å². The van der Waals surface area contributed by atoms with Crippen LogP contribution >= 0.6 is 11.6 Å². The molecule has 0 fully saturated rings. The van der Waals surface area contributed by atoms with Crippen LogP contribution in [0.25, 0.3) is 0 Å². The van der Waals surface area contributed by atoms with Crippen LogP contribution in [-0.4, -0.2) is 48.4 Å². The summed E-state index contributed by atoms with van der Waals surface area (Å²) in [4.78, 5) is 11.0. The van der Waals surface area contributed by atoms with Crippen LogP contribution in [0.3, 0.4) is 0 Å². The fourth-order valence-corrected chi connectivity index (χ4v) is 2.87. The highest BCUT2D eigenvalue weighted by Crippen LogP contribution is 2.27. The highest BCUT2D eigenvalue weighted by molar-refractivity contribution is 7.89. The van der Waals surface area contributed by atoms with E-state index in [1.54, 1.807) is 7.11 Å². The third kappa shape index (κ3) is 5.80. The molecule has 1 aromatic rings. The average Bonchev–Trinajstić information content (AvgIpc) is 2.50. The minimum atomic E-state index is -3.65. The van der Waals surface area contributed by atoms with Gasteiger partial charge in [0, 0.05) is 20.3 Å². The van der Waals surface area contributed by atoms with Crippen molar-refractivity contribution in [3.63, 3.8) is 0 Å². The lowest BCUT2D eigenvalue weighted by Crippen LogP contribution is -2.25. The van der Waals surface area contributed by atoms with Crippen LogP contribution in [0.2, 0.25) is 5.02 Å². The molecule has 0 saturated carbocycles. The van der Waals surface area contributed by atoms with Crippen LogP contribution in [0, 0.1) is 0 Å². The second-order valence-corrected chi connectivity index (χ2v) is 6.38. The smallest absolute Gasteiger partial charge is 0.343 e. The maximum Gasteiger partial charge on any atom is 0.343 e. The molecule has 9 heteroatoms. The van der Waals surface area contributed by atoms with Gasteiger partial charge in [0.15, 0.2) is 6.61 Å². The molecule has 0 aliphatic rings. The van der Waals surface area contributed by atoms with Gasteiger partial charge in [0.2, 0.25) is 10.0 Å². The van der Waals surface area contributed by atoms with Gasteiger partial charge in [0.1, 0.15) is 5.75 Å². The lowest BCUT2D eigenvalue weighted by atomic mass is 10.3. The number of hydrogen-bond acceptors (Lipinski definition) is 6. The Morgan fingerprint density at radius 1 is 1.32 bits per heavy atom. The predicted octanol–water partition coefficient (Wildman–Crippen LogP) is 1.21. The van der Waals surface area contributed by atoms with Crippen molar-refractivity contribution in [3.05, 3.63) is 23.2 Å². The van der Waals surface area contributed by atoms with Gasteiger partial charge < -0.3 is 14.2 Å². The summed E-state index contributed by atoms with van der Waals surface area (Å²) in [5.41, 5.74) is 0. The highest BCUT2D eigenvalue weighted by Gasteiger charge is 2.16. The molecule has 0 aromatic heterocycles. The first-order chi connectivity index (χ1) is 10.4. The Labute approximate surface area is 134 Å². The minimum absolute atomic E-state index is 0.0142. The molecule has 1 N–H and O–H groups in total. The van der Waals surface area contributed by atoms with E-state index in [0.717, 1.165) is 0 Å². The first-order valence-electron chi connectivity index (χ1n) is 6.38. The van der Waals surface area contributed by atoms with Crippen LogP contribution in [0.15, 0.2) is 23.1 Å². The third-order valence-electron chi connectivity index (χ3n) is 2.60. The van der Waals surface area contributed by atoms with Gasteiger partial charge in [-0.15, -0.1) is 0 Å². The topological polar surface area (TPSA) is 90.9 Å². The van der Waals surface area contributed by atoms with Gasteiger partial charge in [0.25, 0.3) is 0 Å². The Kier molecular flexibility index (Phi) is 7.60. The molecule has 1 rings (SSSR count). The van der Waals surface area contributed by atoms with E-state index in [4.69, 9.17) is 21.1 Å². The number of nitrogens with one attached hydrogen (secondary N) is 1. The highest BCUT2D eigenvalue weighted by atomic mass is 35.5. The van der Waals surface area contributed by atoms with Gasteiger partial charge >= 0.3 is 5.97 Å². The van der Waals surface area contributed by atoms with Crippen molar-refractivity contribution in [2.45, 2.75) is 11.3 Å². The first kappa shape index (κ1) is 18.7. The fraction of sp³-hybridized carbons (Fsp3) is 0.462. The van der Waals surface area contributed by atoms with Gasteiger partial charge in [-0.3, -0.25) is 0 Å². The zero-order chi connectivity index (χ0) is 16.6. The molecule has 0 heterocycles. The monoisotopic (exact) mass is 351 g/mol. The number of benzene rings is 1. The number of ether oxygens (including phenoxy) is 3. The van der Waals surface area contributed by atoms with E-state index in [0.29, 0.717) is 13.0 Å². The summed E-state index contributed by atoms with van der Waals surface area (Å²) in [5.74, 6) is -0.363. The summed E-state index contributed by atoms with van der Waals surface area (Å²) in [6.45, 7) is 0.412. The zero-order valence-electron chi connectivity index (χ0n) is 12.3. The summed E-state index contributed by atoms with van der Waals surface area (Å²) >= 11 is 5.96. The van der Waals surface area contributed by atoms with Crippen molar-refractivity contribution in [2.75, 3.05) is 34.0 Å². The minimum Gasteiger partial charge on any atom is -0.480 e. The van der Waals surface area contributed by atoms with Crippen LogP contribution in [0.5, 0.6) is 5.75 Å². The number of esters is 1. The van der Waals surface area contributed by atoms with Crippen molar-refractivity contribution >= 4 is 27.6 Å². The molecule has 0 bridgehead atoms. The van der Waals surface area contributed by atoms with E-state index in [1.807, 2.05) is 0 Å². The summed E-state index contributed by atoms with van der Waals surface area (Å²) in [7, 11) is -0.876. The number of halogens is 1. The number of rotatable bonds is 9. The van der Waals surface area contributed by atoms with Gasteiger partial charge in [0.05, 0.1) is 17.0 Å². The largest absolute Gasteiger partial charge is 0.480 e. The Bertz CT molecular complexity index is 605. The molecule has 1 aromatic carbocycles. The maximum absolute atomic E-state index is 12.0. The average molecular weight is 352 g/mol. The SMILES string of the molecule is COCCCNS(=O)(=O)c1ccc(OCC(=O)OC)c(Cl)c1. The molecule has 124 valence electrons. The quantitative estimate of drug-likeness (QED) is 0.531. The van der Waals surface area contributed by atoms with Crippen molar-refractivity contribution < 1.29 is 27.4 Å². The number of carbonyl (C=O) groups is 1. The predicted molar refractivity (Wildman–Crippen MR) is 80.6 cm³/mol. The number of methoxy groups -OCH3 is 2. The summed E-state index contributed by atoms with van der Waals surface area (Å²) < 4.78 is 40.9. The molecule has 7 nitrogen and oxygen atoms in total. The number of hydrogen-bond donors (Lipinski definition) is 1.